The Bertz CT molecular complexity index is 324. The van der Waals surface area contributed by atoms with E-state index in [-0.39, 0.29) is 4.47 Å². The minimum Gasteiger partial charge on any atom is -0.494 e. The van der Waals surface area contributed by atoms with Crippen LogP contribution in [0.15, 0.2) is 15.3 Å². The molecule has 1 heterocycles. The first-order valence-corrected chi connectivity index (χ1v) is 3.71. The zero-order valence-corrected chi connectivity index (χ0v) is 7.23. The molecule has 2 N–H and O–H groups in total. The fraction of sp³-hybridized carbons (Fsp3) is 0.167. The average molecular weight is 240 g/mol. The molecule has 0 atom stereocenters. The summed E-state index contributed by atoms with van der Waals surface area (Å²) < 4.78 is 24.1. The highest BCUT2D eigenvalue weighted by Gasteiger charge is 2.17. The van der Waals surface area contributed by atoms with Gasteiger partial charge >= 0.3 is 0 Å². The molecule has 0 fully saturated rings. The third-order valence-electron chi connectivity index (χ3n) is 1.23. The highest BCUT2D eigenvalue weighted by molar-refractivity contribution is 9.10. The molecule has 0 bridgehead atoms. The topological polar surface area (TPSA) is 53.1 Å². The van der Waals surface area contributed by atoms with Crippen molar-refractivity contribution in [1.29, 1.82) is 0 Å². The lowest BCUT2D eigenvalue weighted by Crippen LogP contribution is -2.06. The normalized spacial score (nSPS) is 10.7. The van der Waals surface area contributed by atoms with Gasteiger partial charge < -0.3 is 5.11 Å². The molecule has 0 spiro atoms. The van der Waals surface area contributed by atoms with Crippen LogP contribution in [0, 0.1) is 0 Å². The average Bonchev–Trinajstić information content (AvgIpc) is 1.82. The molecule has 66 valence electrons. The van der Waals surface area contributed by atoms with Crippen LogP contribution in [-0.2, 0) is 0 Å². The Morgan fingerprint density at radius 3 is 2.58 bits per heavy atom. The molecule has 6 heteroatoms. The van der Waals surface area contributed by atoms with Gasteiger partial charge in [-0.05, 0) is 15.9 Å². The smallest absolute Gasteiger partial charge is 0.270 e. The van der Waals surface area contributed by atoms with Gasteiger partial charge in [0.2, 0.25) is 5.88 Å². The van der Waals surface area contributed by atoms with Crippen LogP contribution in [-0.4, -0.2) is 10.1 Å². The molecule has 0 amide bonds. The summed E-state index contributed by atoms with van der Waals surface area (Å²) in [6.45, 7) is 0. The van der Waals surface area contributed by atoms with E-state index in [0.717, 1.165) is 6.07 Å². The number of alkyl halides is 2. The van der Waals surface area contributed by atoms with E-state index < -0.39 is 23.4 Å². The Morgan fingerprint density at radius 2 is 2.17 bits per heavy atom. The molecule has 1 aromatic rings. The summed E-state index contributed by atoms with van der Waals surface area (Å²) in [6, 6.07) is 0.932. The Morgan fingerprint density at radius 1 is 1.58 bits per heavy atom. The van der Waals surface area contributed by atoms with Gasteiger partial charge in [-0.3, -0.25) is 9.78 Å². The number of aromatic hydroxyl groups is 1. The molecule has 0 radical (unpaired) electrons. The largest absolute Gasteiger partial charge is 0.494 e. The Hall–Kier alpha value is -0.910. The molecule has 0 aliphatic rings. The van der Waals surface area contributed by atoms with E-state index in [9.17, 15) is 13.6 Å². The Labute approximate surface area is 74.2 Å². The summed E-state index contributed by atoms with van der Waals surface area (Å²) in [5, 5.41) is 8.88. The number of aromatic amines is 1. The fourth-order valence-corrected chi connectivity index (χ4v) is 1.30. The molecule has 1 rings (SSSR count). The van der Waals surface area contributed by atoms with E-state index in [0.29, 0.717) is 0 Å². The van der Waals surface area contributed by atoms with Gasteiger partial charge in [0.05, 0.1) is 5.56 Å². The molecule has 0 unspecified atom stereocenters. The van der Waals surface area contributed by atoms with Crippen LogP contribution in [0.5, 0.6) is 5.88 Å². The van der Waals surface area contributed by atoms with Crippen LogP contribution in [0.25, 0.3) is 0 Å². The third kappa shape index (κ3) is 1.63. The van der Waals surface area contributed by atoms with Crippen molar-refractivity contribution in [3.63, 3.8) is 0 Å². The van der Waals surface area contributed by atoms with Crippen LogP contribution < -0.4 is 5.56 Å². The predicted octanol–water partition coefficient (Wildman–Crippen LogP) is 1.78. The van der Waals surface area contributed by atoms with Crippen molar-refractivity contribution >= 4 is 15.9 Å². The summed E-state index contributed by atoms with van der Waals surface area (Å²) in [6.07, 6.45) is -2.82. The molecule has 12 heavy (non-hydrogen) atoms. The van der Waals surface area contributed by atoms with Crippen LogP contribution in [0.1, 0.15) is 12.0 Å². The molecule has 0 saturated carbocycles. The minimum absolute atomic E-state index is 0.0984. The Balaban J connectivity index is 3.38. The molecule has 0 saturated heterocycles. The van der Waals surface area contributed by atoms with Crippen LogP contribution >= 0.6 is 15.9 Å². The fourth-order valence-electron chi connectivity index (χ4n) is 0.734. The van der Waals surface area contributed by atoms with Crippen molar-refractivity contribution in [2.75, 3.05) is 0 Å². The molecular formula is C6H4BrF2NO2. The molecule has 1 aromatic heterocycles. The zero-order valence-electron chi connectivity index (χ0n) is 5.64. The number of hydrogen-bond acceptors (Lipinski definition) is 2. The van der Waals surface area contributed by atoms with Crippen molar-refractivity contribution in [2.45, 2.75) is 6.43 Å². The number of hydrogen-bond donors (Lipinski definition) is 2. The molecule has 0 aromatic carbocycles. The van der Waals surface area contributed by atoms with Gasteiger partial charge in [0, 0.05) is 10.5 Å². The number of aromatic nitrogens is 1. The zero-order chi connectivity index (χ0) is 9.30. The van der Waals surface area contributed by atoms with Crippen LogP contribution in [0.2, 0.25) is 0 Å². The van der Waals surface area contributed by atoms with Crippen LogP contribution in [0.4, 0.5) is 8.78 Å². The number of H-pyrrole nitrogens is 1. The molecule has 0 aliphatic carbocycles. The van der Waals surface area contributed by atoms with Gasteiger partial charge in [-0.25, -0.2) is 8.78 Å². The maximum Gasteiger partial charge on any atom is 0.270 e. The summed E-state index contributed by atoms with van der Waals surface area (Å²) in [5.74, 6) is -0.802. The first-order chi connectivity index (χ1) is 5.52. The first-order valence-electron chi connectivity index (χ1n) is 2.92. The lowest BCUT2D eigenvalue weighted by molar-refractivity contribution is 0.145. The first kappa shape index (κ1) is 9.18. The minimum atomic E-state index is -2.82. The van der Waals surface area contributed by atoms with Gasteiger partial charge in [0.1, 0.15) is 0 Å². The van der Waals surface area contributed by atoms with Gasteiger partial charge in [0.25, 0.3) is 12.0 Å². The third-order valence-corrected chi connectivity index (χ3v) is 1.89. The van der Waals surface area contributed by atoms with Gasteiger partial charge in [0.15, 0.2) is 0 Å². The summed E-state index contributed by atoms with van der Waals surface area (Å²) in [4.78, 5) is 12.4. The van der Waals surface area contributed by atoms with E-state index in [2.05, 4.69) is 15.9 Å². The summed E-state index contributed by atoms with van der Waals surface area (Å²) in [5.41, 5.74) is -1.24. The predicted molar refractivity (Wildman–Crippen MR) is 41.4 cm³/mol. The standard InChI is InChI=1S/C6H4BrF2NO2/c7-2-1-3(11)10-6(12)4(2)5(8)9/h1,5H,(H2,10,11,12). The quantitative estimate of drug-likeness (QED) is 0.785. The van der Waals surface area contributed by atoms with Crippen molar-refractivity contribution < 1.29 is 13.9 Å². The molecule has 0 aliphatic heterocycles. The number of halogens is 3. The van der Waals surface area contributed by atoms with Gasteiger partial charge in [-0.15, -0.1) is 0 Å². The number of nitrogens with one attached hydrogen (secondary N) is 1. The monoisotopic (exact) mass is 239 g/mol. The maximum absolute atomic E-state index is 12.1. The van der Waals surface area contributed by atoms with Gasteiger partial charge in [-0.1, -0.05) is 0 Å². The lowest BCUT2D eigenvalue weighted by Gasteiger charge is -2.03. The van der Waals surface area contributed by atoms with Gasteiger partial charge in [-0.2, -0.15) is 0 Å². The Kier molecular flexibility index (Phi) is 2.46. The second-order valence-electron chi connectivity index (χ2n) is 2.04. The lowest BCUT2D eigenvalue weighted by atomic mass is 10.3. The second-order valence-corrected chi connectivity index (χ2v) is 2.90. The van der Waals surface area contributed by atoms with E-state index >= 15 is 0 Å². The highest BCUT2D eigenvalue weighted by atomic mass is 79.9. The summed E-state index contributed by atoms with van der Waals surface area (Å²) >= 11 is 2.74. The van der Waals surface area contributed by atoms with Crippen molar-refractivity contribution in [3.8, 4) is 5.88 Å². The number of rotatable bonds is 1. The van der Waals surface area contributed by atoms with E-state index in [1.807, 2.05) is 4.98 Å². The molecular weight excluding hydrogens is 236 g/mol. The van der Waals surface area contributed by atoms with Crippen molar-refractivity contribution in [2.24, 2.45) is 0 Å². The SMILES string of the molecule is O=c1cc(Br)c(C(F)F)c(O)[nH]1. The van der Waals surface area contributed by atoms with Crippen LogP contribution in [0.3, 0.4) is 0 Å². The molecule has 3 nitrogen and oxygen atoms in total. The van der Waals surface area contributed by atoms with E-state index in [4.69, 9.17) is 5.11 Å². The van der Waals surface area contributed by atoms with E-state index in [1.54, 1.807) is 0 Å². The van der Waals surface area contributed by atoms with E-state index in [1.165, 1.54) is 0 Å². The van der Waals surface area contributed by atoms with Crippen molar-refractivity contribution in [3.05, 3.63) is 26.5 Å². The summed E-state index contributed by atoms with van der Waals surface area (Å²) in [7, 11) is 0. The highest BCUT2D eigenvalue weighted by Crippen LogP contribution is 2.31. The second kappa shape index (κ2) is 3.22. The maximum atomic E-state index is 12.1. The number of pyridine rings is 1. The van der Waals surface area contributed by atoms with Crippen molar-refractivity contribution in [1.82, 2.24) is 4.98 Å².